The molecule has 1 aliphatic rings. The second-order valence-electron chi connectivity index (χ2n) is 6.59. The van der Waals surface area contributed by atoms with Gasteiger partial charge in [0.15, 0.2) is 6.10 Å². The van der Waals surface area contributed by atoms with E-state index in [1.807, 2.05) is 49.9 Å². The van der Waals surface area contributed by atoms with Gasteiger partial charge in [-0.2, -0.15) is 5.10 Å². The van der Waals surface area contributed by atoms with Crippen molar-refractivity contribution >= 4 is 5.91 Å². The van der Waals surface area contributed by atoms with Crippen molar-refractivity contribution in [1.82, 2.24) is 15.1 Å². The number of likely N-dealkylation sites (tertiary alicyclic amines) is 1. The molecule has 1 N–H and O–H groups in total. The number of aryl methyl sites for hydroxylation is 1. The van der Waals surface area contributed by atoms with Crippen LogP contribution >= 0.6 is 0 Å². The first-order valence-electron chi connectivity index (χ1n) is 8.57. The van der Waals surface area contributed by atoms with Crippen molar-refractivity contribution in [2.45, 2.75) is 45.6 Å². The number of rotatable bonds is 4. The first-order valence-corrected chi connectivity index (χ1v) is 8.57. The summed E-state index contributed by atoms with van der Waals surface area (Å²) in [4.78, 5) is 14.7. The summed E-state index contributed by atoms with van der Waals surface area (Å²) in [5, 5.41) is 7.05. The SMILES string of the molecule is Cc1cccc(O[C@@H](C)C(=O)N2CCC[C@@H](c3ccn[nH]3)C2)c1C. The molecule has 24 heavy (non-hydrogen) atoms. The zero-order chi connectivity index (χ0) is 17.1. The Kier molecular flexibility index (Phi) is 4.88. The molecule has 1 amide bonds. The van der Waals surface area contributed by atoms with Gasteiger partial charge in [0.05, 0.1) is 0 Å². The third-order valence-electron chi connectivity index (χ3n) is 4.90. The fourth-order valence-corrected chi connectivity index (χ4v) is 3.27. The third kappa shape index (κ3) is 3.45. The topological polar surface area (TPSA) is 58.2 Å². The maximum atomic E-state index is 12.8. The molecule has 2 atom stereocenters. The third-order valence-corrected chi connectivity index (χ3v) is 4.90. The van der Waals surface area contributed by atoms with Crippen LogP contribution in [0.25, 0.3) is 0 Å². The number of nitrogens with zero attached hydrogens (tertiary/aromatic N) is 2. The highest BCUT2D eigenvalue weighted by atomic mass is 16.5. The van der Waals surface area contributed by atoms with Crippen LogP contribution in [0.2, 0.25) is 0 Å². The maximum absolute atomic E-state index is 12.8. The molecule has 3 rings (SSSR count). The van der Waals surface area contributed by atoms with Crippen LogP contribution in [0.1, 0.15) is 42.5 Å². The summed E-state index contributed by atoms with van der Waals surface area (Å²) >= 11 is 0. The molecule has 0 radical (unpaired) electrons. The Hall–Kier alpha value is -2.30. The van der Waals surface area contributed by atoms with Gasteiger partial charge in [0.2, 0.25) is 0 Å². The first kappa shape index (κ1) is 16.6. The Morgan fingerprint density at radius 1 is 1.38 bits per heavy atom. The lowest BCUT2D eigenvalue weighted by molar-refractivity contribution is -0.139. The Morgan fingerprint density at radius 2 is 2.21 bits per heavy atom. The molecule has 128 valence electrons. The smallest absolute Gasteiger partial charge is 0.263 e. The molecule has 2 heterocycles. The van der Waals surface area contributed by atoms with Crippen molar-refractivity contribution in [3.8, 4) is 5.75 Å². The summed E-state index contributed by atoms with van der Waals surface area (Å²) in [7, 11) is 0. The van der Waals surface area contributed by atoms with Gasteiger partial charge in [-0.15, -0.1) is 0 Å². The van der Waals surface area contributed by atoms with Crippen molar-refractivity contribution in [2.75, 3.05) is 13.1 Å². The van der Waals surface area contributed by atoms with Crippen molar-refractivity contribution in [3.63, 3.8) is 0 Å². The Bertz CT molecular complexity index is 697. The van der Waals surface area contributed by atoms with E-state index in [9.17, 15) is 4.79 Å². The van der Waals surface area contributed by atoms with Gasteiger partial charge in [-0.1, -0.05) is 12.1 Å². The van der Waals surface area contributed by atoms with Crippen LogP contribution in [-0.2, 0) is 4.79 Å². The van der Waals surface area contributed by atoms with Gasteiger partial charge in [0.25, 0.3) is 5.91 Å². The fourth-order valence-electron chi connectivity index (χ4n) is 3.27. The van der Waals surface area contributed by atoms with E-state index in [0.29, 0.717) is 5.92 Å². The lowest BCUT2D eigenvalue weighted by atomic mass is 9.94. The number of aromatic amines is 1. The van der Waals surface area contributed by atoms with E-state index in [1.54, 1.807) is 6.20 Å². The summed E-state index contributed by atoms with van der Waals surface area (Å²) in [5.74, 6) is 1.18. The highest BCUT2D eigenvalue weighted by Crippen LogP contribution is 2.27. The number of carbonyl (C=O) groups excluding carboxylic acids is 1. The molecule has 0 bridgehead atoms. The minimum Gasteiger partial charge on any atom is -0.481 e. The van der Waals surface area contributed by atoms with Gasteiger partial charge in [0, 0.05) is 30.9 Å². The van der Waals surface area contributed by atoms with Crippen LogP contribution < -0.4 is 4.74 Å². The maximum Gasteiger partial charge on any atom is 0.263 e. The number of amides is 1. The van der Waals surface area contributed by atoms with Gasteiger partial charge >= 0.3 is 0 Å². The Labute approximate surface area is 143 Å². The van der Waals surface area contributed by atoms with Crippen LogP contribution in [0.3, 0.4) is 0 Å². The minimum atomic E-state index is -0.481. The average molecular weight is 327 g/mol. The molecular weight excluding hydrogens is 302 g/mol. The largest absolute Gasteiger partial charge is 0.481 e. The van der Waals surface area contributed by atoms with E-state index >= 15 is 0 Å². The summed E-state index contributed by atoms with van der Waals surface area (Å²) in [6, 6.07) is 7.93. The van der Waals surface area contributed by atoms with E-state index in [1.165, 1.54) is 5.56 Å². The van der Waals surface area contributed by atoms with Gasteiger partial charge < -0.3 is 9.64 Å². The Morgan fingerprint density at radius 3 is 2.96 bits per heavy atom. The van der Waals surface area contributed by atoms with Gasteiger partial charge in [-0.05, 0) is 56.9 Å². The normalized spacial score (nSPS) is 19.1. The van der Waals surface area contributed by atoms with Crippen molar-refractivity contribution in [3.05, 3.63) is 47.3 Å². The number of H-pyrrole nitrogens is 1. The number of nitrogens with one attached hydrogen (secondary N) is 1. The fraction of sp³-hybridized carbons (Fsp3) is 0.474. The monoisotopic (exact) mass is 327 g/mol. The summed E-state index contributed by atoms with van der Waals surface area (Å²) in [6.07, 6.45) is 3.37. The lowest BCUT2D eigenvalue weighted by Gasteiger charge is -2.34. The van der Waals surface area contributed by atoms with Crippen LogP contribution in [0.15, 0.2) is 30.5 Å². The van der Waals surface area contributed by atoms with Gasteiger partial charge in [-0.25, -0.2) is 0 Å². The van der Waals surface area contributed by atoms with Crippen LogP contribution in [0, 0.1) is 13.8 Å². The number of hydrogen-bond donors (Lipinski definition) is 1. The quantitative estimate of drug-likeness (QED) is 0.938. The molecule has 5 nitrogen and oxygen atoms in total. The molecule has 0 saturated carbocycles. The standard InChI is InChI=1S/C19H25N3O2/c1-13-6-4-8-18(14(13)2)24-15(3)19(23)22-11-5-7-16(12-22)17-9-10-20-21-17/h4,6,8-10,15-16H,5,7,11-12H2,1-3H3,(H,20,21)/t15-,16+/m0/s1. The van der Waals surface area contributed by atoms with E-state index in [2.05, 4.69) is 10.2 Å². The minimum absolute atomic E-state index is 0.0557. The molecular formula is C19H25N3O2. The summed E-state index contributed by atoms with van der Waals surface area (Å²) in [6.45, 7) is 7.43. The highest BCUT2D eigenvalue weighted by Gasteiger charge is 2.29. The number of carbonyl (C=O) groups is 1. The number of piperidine rings is 1. The molecule has 1 aliphatic heterocycles. The lowest BCUT2D eigenvalue weighted by Crippen LogP contribution is -2.45. The molecule has 0 spiro atoms. The van der Waals surface area contributed by atoms with E-state index in [-0.39, 0.29) is 5.91 Å². The van der Waals surface area contributed by atoms with Crippen LogP contribution in [-0.4, -0.2) is 40.2 Å². The summed E-state index contributed by atoms with van der Waals surface area (Å²) < 4.78 is 5.96. The first-order chi connectivity index (χ1) is 11.6. The molecule has 1 aromatic heterocycles. The van der Waals surface area contributed by atoms with Crippen LogP contribution in [0.5, 0.6) is 5.75 Å². The predicted octanol–water partition coefficient (Wildman–Crippen LogP) is 3.20. The second-order valence-corrected chi connectivity index (χ2v) is 6.59. The zero-order valence-electron chi connectivity index (χ0n) is 14.6. The van der Waals surface area contributed by atoms with Gasteiger partial charge in [-0.3, -0.25) is 9.89 Å². The molecule has 1 aromatic carbocycles. The number of hydrogen-bond acceptors (Lipinski definition) is 3. The van der Waals surface area contributed by atoms with E-state index < -0.39 is 6.10 Å². The average Bonchev–Trinajstić information content (AvgIpc) is 3.13. The molecule has 5 heteroatoms. The van der Waals surface area contributed by atoms with Crippen molar-refractivity contribution in [2.24, 2.45) is 0 Å². The summed E-state index contributed by atoms with van der Waals surface area (Å²) in [5.41, 5.74) is 3.37. The molecule has 2 aromatic rings. The van der Waals surface area contributed by atoms with E-state index in [4.69, 9.17) is 4.74 Å². The molecule has 1 fully saturated rings. The van der Waals surface area contributed by atoms with Crippen molar-refractivity contribution < 1.29 is 9.53 Å². The molecule has 0 unspecified atom stereocenters. The number of aromatic nitrogens is 2. The predicted molar refractivity (Wildman–Crippen MR) is 93.1 cm³/mol. The van der Waals surface area contributed by atoms with E-state index in [0.717, 1.165) is 42.9 Å². The Balaban J connectivity index is 1.65. The highest BCUT2D eigenvalue weighted by molar-refractivity contribution is 5.81. The zero-order valence-corrected chi connectivity index (χ0v) is 14.6. The number of ether oxygens (including phenoxy) is 1. The van der Waals surface area contributed by atoms with Crippen molar-refractivity contribution in [1.29, 1.82) is 0 Å². The number of benzene rings is 1. The van der Waals surface area contributed by atoms with Crippen LogP contribution in [0.4, 0.5) is 0 Å². The molecule has 0 aliphatic carbocycles. The molecule has 1 saturated heterocycles. The second kappa shape index (κ2) is 7.07. The van der Waals surface area contributed by atoms with Gasteiger partial charge in [0.1, 0.15) is 5.75 Å².